The zero-order valence-electron chi connectivity index (χ0n) is 12.2. The van der Waals surface area contributed by atoms with Gasteiger partial charge in [-0.05, 0) is 40.9 Å². The molecule has 3 atom stereocenters. The molecule has 3 unspecified atom stereocenters. The maximum Gasteiger partial charge on any atom is 0.246 e. The molecule has 21 heavy (non-hydrogen) atoms. The molecule has 3 rings (SSSR count). The number of ether oxygens (including phenoxy) is 1. The second-order valence-corrected chi connectivity index (χ2v) is 7.36. The summed E-state index contributed by atoms with van der Waals surface area (Å²) in [6, 6.07) is 3.59. The Kier molecular flexibility index (Phi) is 3.58. The summed E-state index contributed by atoms with van der Waals surface area (Å²) in [5.41, 5.74) is 5.24. The summed E-state index contributed by atoms with van der Waals surface area (Å²) in [4.78, 5) is 16.9. The van der Waals surface area contributed by atoms with E-state index in [1.54, 1.807) is 12.3 Å². The number of rotatable bonds is 2. The molecule has 1 saturated carbocycles. The Bertz CT molecular complexity index is 561. The fourth-order valence-electron chi connectivity index (χ4n) is 3.71. The highest BCUT2D eigenvalue weighted by Crippen LogP contribution is 2.57. The van der Waals surface area contributed by atoms with E-state index in [0.717, 1.165) is 23.9 Å². The van der Waals surface area contributed by atoms with Gasteiger partial charge in [0.05, 0.1) is 6.10 Å². The van der Waals surface area contributed by atoms with Crippen molar-refractivity contribution in [2.24, 2.45) is 17.1 Å². The quantitative estimate of drug-likeness (QED) is 0.855. The first-order valence-corrected chi connectivity index (χ1v) is 8.00. The lowest BCUT2D eigenvalue weighted by molar-refractivity contribution is -0.222. The Morgan fingerprint density at radius 2 is 2.29 bits per heavy atom. The van der Waals surface area contributed by atoms with Crippen LogP contribution in [-0.2, 0) is 9.53 Å². The summed E-state index contributed by atoms with van der Waals surface area (Å²) in [5, 5.41) is 2.85. The molecule has 2 aliphatic rings. The molecule has 0 aromatic carbocycles. The van der Waals surface area contributed by atoms with Gasteiger partial charge in [-0.25, -0.2) is 4.98 Å². The number of hydrogen-bond acceptors (Lipinski definition) is 4. The maximum atomic E-state index is 12.7. The summed E-state index contributed by atoms with van der Waals surface area (Å²) >= 11 is 3.32. The van der Waals surface area contributed by atoms with Crippen LogP contribution < -0.4 is 11.1 Å². The lowest BCUT2D eigenvalue weighted by atomic mass is 9.46. The van der Waals surface area contributed by atoms with Gasteiger partial charge in [-0.1, -0.05) is 13.8 Å². The van der Waals surface area contributed by atoms with Crippen molar-refractivity contribution in [3.63, 3.8) is 0 Å². The van der Waals surface area contributed by atoms with Crippen LogP contribution in [0.5, 0.6) is 0 Å². The third kappa shape index (κ3) is 2.12. The zero-order valence-corrected chi connectivity index (χ0v) is 13.8. The summed E-state index contributed by atoms with van der Waals surface area (Å²) < 4.78 is 6.69. The van der Waals surface area contributed by atoms with E-state index in [4.69, 9.17) is 10.5 Å². The monoisotopic (exact) mass is 353 g/mol. The Balaban J connectivity index is 1.81. The van der Waals surface area contributed by atoms with Crippen molar-refractivity contribution >= 4 is 27.7 Å². The van der Waals surface area contributed by atoms with Crippen LogP contribution in [0.1, 0.15) is 26.7 Å². The minimum atomic E-state index is -0.910. The van der Waals surface area contributed by atoms with Gasteiger partial charge in [0.2, 0.25) is 5.91 Å². The van der Waals surface area contributed by atoms with Gasteiger partial charge in [0.15, 0.2) is 0 Å². The van der Waals surface area contributed by atoms with E-state index in [9.17, 15) is 4.79 Å². The van der Waals surface area contributed by atoms with E-state index in [1.807, 2.05) is 19.9 Å². The van der Waals surface area contributed by atoms with Gasteiger partial charge >= 0.3 is 0 Å². The maximum absolute atomic E-state index is 12.7. The van der Waals surface area contributed by atoms with Crippen LogP contribution >= 0.6 is 15.9 Å². The number of fused-ring (bicyclic) bond motifs is 1. The van der Waals surface area contributed by atoms with Gasteiger partial charge in [0.25, 0.3) is 0 Å². The van der Waals surface area contributed by atoms with Crippen molar-refractivity contribution in [1.82, 2.24) is 4.98 Å². The summed E-state index contributed by atoms with van der Waals surface area (Å²) in [7, 11) is 0. The van der Waals surface area contributed by atoms with Gasteiger partial charge in [-0.15, -0.1) is 0 Å². The number of aromatic nitrogens is 1. The normalized spacial score (nSPS) is 33.7. The van der Waals surface area contributed by atoms with Gasteiger partial charge in [-0.3, -0.25) is 4.79 Å². The highest BCUT2D eigenvalue weighted by molar-refractivity contribution is 9.10. The molecule has 1 aromatic heterocycles. The third-order valence-corrected chi connectivity index (χ3v) is 5.50. The van der Waals surface area contributed by atoms with Crippen molar-refractivity contribution in [2.45, 2.75) is 38.3 Å². The van der Waals surface area contributed by atoms with Crippen molar-refractivity contribution < 1.29 is 9.53 Å². The molecule has 1 saturated heterocycles. The first kappa shape index (κ1) is 14.9. The predicted molar refractivity (Wildman–Crippen MR) is 83.7 cm³/mol. The van der Waals surface area contributed by atoms with Gasteiger partial charge in [-0.2, -0.15) is 0 Å². The lowest BCUT2D eigenvalue weighted by Crippen LogP contribution is -2.81. The Hall–Kier alpha value is -0.980. The van der Waals surface area contributed by atoms with Gasteiger partial charge in [0.1, 0.15) is 11.4 Å². The minimum Gasteiger partial charge on any atom is -0.377 e. The average Bonchev–Trinajstić information content (AvgIpc) is 2.48. The molecule has 1 amide bonds. The largest absolute Gasteiger partial charge is 0.377 e. The standard InChI is InChI=1S/C15H20BrN3O2/c1-14(2)12-10(4-3-7-21-12)15(14,17)13(20)19-11-6-5-9(16)8-18-11/h5-6,8,10,12H,3-4,7,17H2,1-2H3,(H,18,19,20). The topological polar surface area (TPSA) is 77.2 Å². The lowest BCUT2D eigenvalue weighted by Gasteiger charge is -2.65. The van der Waals surface area contributed by atoms with Crippen molar-refractivity contribution in [3.05, 3.63) is 22.8 Å². The van der Waals surface area contributed by atoms with Gasteiger partial charge < -0.3 is 15.8 Å². The number of hydrogen-bond donors (Lipinski definition) is 2. The minimum absolute atomic E-state index is 0.0693. The van der Waals surface area contributed by atoms with Crippen LogP contribution in [0.4, 0.5) is 5.82 Å². The van der Waals surface area contributed by atoms with Crippen molar-refractivity contribution in [3.8, 4) is 0 Å². The Morgan fingerprint density at radius 1 is 1.52 bits per heavy atom. The van der Waals surface area contributed by atoms with Crippen LogP contribution in [0, 0.1) is 11.3 Å². The first-order chi connectivity index (χ1) is 9.87. The van der Waals surface area contributed by atoms with Crippen molar-refractivity contribution in [2.75, 3.05) is 11.9 Å². The first-order valence-electron chi connectivity index (χ1n) is 7.21. The van der Waals surface area contributed by atoms with Crippen LogP contribution in [0.25, 0.3) is 0 Å². The van der Waals surface area contributed by atoms with Crippen LogP contribution in [0.2, 0.25) is 0 Å². The van der Waals surface area contributed by atoms with Crippen LogP contribution in [0.3, 0.4) is 0 Å². The molecule has 5 nitrogen and oxygen atoms in total. The summed E-state index contributed by atoms with van der Waals surface area (Å²) in [5.74, 6) is 0.426. The molecule has 3 N–H and O–H groups in total. The molecule has 0 bridgehead atoms. The zero-order chi connectivity index (χ0) is 15.3. The number of nitrogens with two attached hydrogens (primary N) is 1. The fraction of sp³-hybridized carbons (Fsp3) is 0.600. The van der Waals surface area contributed by atoms with E-state index in [0.29, 0.717) is 5.82 Å². The highest BCUT2D eigenvalue weighted by Gasteiger charge is 2.70. The number of nitrogens with one attached hydrogen (secondary N) is 1. The number of anilines is 1. The molecular weight excluding hydrogens is 334 g/mol. The SMILES string of the molecule is CC1(C)C2OCCCC2C1(N)C(=O)Nc1ccc(Br)cn1. The third-order valence-electron chi connectivity index (χ3n) is 5.03. The molecule has 114 valence electrons. The molecule has 0 spiro atoms. The molecular formula is C15H20BrN3O2. The molecule has 0 radical (unpaired) electrons. The number of pyridine rings is 1. The van der Waals surface area contributed by atoms with E-state index in [2.05, 4.69) is 26.2 Å². The van der Waals surface area contributed by atoms with Crippen molar-refractivity contribution in [1.29, 1.82) is 0 Å². The van der Waals surface area contributed by atoms with Crippen LogP contribution in [0.15, 0.2) is 22.8 Å². The summed E-state index contributed by atoms with van der Waals surface area (Å²) in [6.45, 7) is 4.78. The second kappa shape index (κ2) is 5.04. The number of carbonyl (C=O) groups excluding carboxylic acids is 1. The molecule has 2 fully saturated rings. The number of carbonyl (C=O) groups is 1. The number of nitrogens with zero attached hydrogens (tertiary/aromatic N) is 1. The molecule has 6 heteroatoms. The Morgan fingerprint density at radius 3 is 2.95 bits per heavy atom. The fourth-order valence-corrected chi connectivity index (χ4v) is 3.94. The smallest absolute Gasteiger partial charge is 0.246 e. The average molecular weight is 354 g/mol. The van der Waals surface area contributed by atoms with E-state index >= 15 is 0 Å². The Labute approximate surface area is 132 Å². The van der Waals surface area contributed by atoms with Crippen LogP contribution in [-0.4, -0.2) is 29.1 Å². The van der Waals surface area contributed by atoms with E-state index in [-0.39, 0.29) is 23.3 Å². The molecule has 1 aliphatic carbocycles. The molecule has 1 aromatic rings. The number of amides is 1. The second-order valence-electron chi connectivity index (χ2n) is 6.45. The number of halogens is 1. The predicted octanol–water partition coefficient (Wildman–Crippen LogP) is 2.32. The highest BCUT2D eigenvalue weighted by atomic mass is 79.9. The van der Waals surface area contributed by atoms with E-state index < -0.39 is 5.54 Å². The van der Waals surface area contributed by atoms with E-state index in [1.165, 1.54) is 0 Å². The summed E-state index contributed by atoms with van der Waals surface area (Å²) in [6.07, 6.45) is 3.61. The van der Waals surface area contributed by atoms with Gasteiger partial charge in [0, 0.05) is 28.6 Å². The molecule has 2 heterocycles. The molecule has 1 aliphatic heterocycles.